The van der Waals surface area contributed by atoms with Gasteiger partial charge >= 0.3 is 0 Å². The van der Waals surface area contributed by atoms with Crippen molar-refractivity contribution in [2.45, 2.75) is 29.6 Å². The van der Waals surface area contributed by atoms with Crippen molar-refractivity contribution in [2.75, 3.05) is 6.61 Å². The number of phenolic OH excluding ortho intramolecular Hbond substituents is 1. The van der Waals surface area contributed by atoms with Crippen LogP contribution in [0, 0.1) is 0 Å². The molecule has 0 aromatic heterocycles. The molecule has 1 N–H and O–H groups in total. The van der Waals surface area contributed by atoms with E-state index in [1.807, 2.05) is 0 Å². The first-order valence-electron chi connectivity index (χ1n) is 6.81. The van der Waals surface area contributed by atoms with Gasteiger partial charge in [0.25, 0.3) is 0 Å². The molecule has 0 aliphatic carbocycles. The van der Waals surface area contributed by atoms with Crippen LogP contribution in [0.2, 0.25) is 0 Å². The molecular weight excluding hydrogens is 288 g/mol. The van der Waals surface area contributed by atoms with Gasteiger partial charge in [0.2, 0.25) is 9.84 Å². The highest BCUT2D eigenvalue weighted by atomic mass is 32.2. The Morgan fingerprint density at radius 3 is 2.00 bits per heavy atom. The van der Waals surface area contributed by atoms with Gasteiger partial charge in [-0.2, -0.15) is 0 Å². The molecule has 0 radical (unpaired) electrons. The van der Waals surface area contributed by atoms with E-state index in [-0.39, 0.29) is 15.5 Å². The molecule has 2 aromatic rings. The standard InChI is InChI=1S/C16H18O4S/c1-2-3-12-20-14-6-10-16(11-7-14)21(18,19)15-8-4-13(17)5-9-15/h4-11,17H,2-3,12H2,1H3. The van der Waals surface area contributed by atoms with E-state index in [9.17, 15) is 13.5 Å². The fraction of sp³-hybridized carbons (Fsp3) is 0.250. The molecule has 2 rings (SSSR count). The third kappa shape index (κ3) is 3.76. The minimum Gasteiger partial charge on any atom is -0.508 e. The number of ether oxygens (including phenoxy) is 1. The van der Waals surface area contributed by atoms with Crippen LogP contribution in [0.25, 0.3) is 0 Å². The molecule has 0 saturated heterocycles. The van der Waals surface area contributed by atoms with Gasteiger partial charge in [-0.3, -0.25) is 0 Å². The molecule has 0 atom stereocenters. The Bertz CT molecular complexity index is 673. The predicted octanol–water partition coefficient (Wildman–Crippen LogP) is 3.40. The number of unbranched alkanes of at least 4 members (excludes halogenated alkanes) is 1. The van der Waals surface area contributed by atoms with Gasteiger partial charge in [0.1, 0.15) is 11.5 Å². The van der Waals surface area contributed by atoms with E-state index in [0.717, 1.165) is 12.8 Å². The monoisotopic (exact) mass is 306 g/mol. The number of sulfone groups is 1. The third-order valence-corrected chi connectivity index (χ3v) is 4.83. The van der Waals surface area contributed by atoms with E-state index in [4.69, 9.17) is 4.74 Å². The van der Waals surface area contributed by atoms with Crippen LogP contribution in [0.3, 0.4) is 0 Å². The van der Waals surface area contributed by atoms with Gasteiger partial charge in [0.05, 0.1) is 16.4 Å². The molecular formula is C16H18O4S. The highest BCUT2D eigenvalue weighted by Crippen LogP contribution is 2.24. The van der Waals surface area contributed by atoms with E-state index in [0.29, 0.717) is 12.4 Å². The number of hydrogen-bond donors (Lipinski definition) is 1. The fourth-order valence-electron chi connectivity index (χ4n) is 1.81. The van der Waals surface area contributed by atoms with Crippen molar-refractivity contribution in [3.63, 3.8) is 0 Å². The van der Waals surface area contributed by atoms with E-state index >= 15 is 0 Å². The van der Waals surface area contributed by atoms with Gasteiger partial charge in [-0.1, -0.05) is 13.3 Å². The summed E-state index contributed by atoms with van der Waals surface area (Å²) in [6.07, 6.45) is 2.01. The highest BCUT2D eigenvalue weighted by molar-refractivity contribution is 7.91. The molecule has 0 spiro atoms. The van der Waals surface area contributed by atoms with Crippen LogP contribution >= 0.6 is 0 Å². The summed E-state index contributed by atoms with van der Waals surface area (Å²) in [4.78, 5) is 0.357. The summed E-state index contributed by atoms with van der Waals surface area (Å²) in [5.41, 5.74) is 0. The topological polar surface area (TPSA) is 63.6 Å². The molecule has 112 valence electrons. The third-order valence-electron chi connectivity index (χ3n) is 3.05. The van der Waals surface area contributed by atoms with Crippen LogP contribution in [0.5, 0.6) is 11.5 Å². The van der Waals surface area contributed by atoms with E-state index < -0.39 is 9.84 Å². The van der Waals surface area contributed by atoms with Crippen molar-refractivity contribution in [1.29, 1.82) is 0 Å². The first-order valence-corrected chi connectivity index (χ1v) is 8.29. The molecule has 5 heteroatoms. The second-order valence-corrected chi connectivity index (χ2v) is 6.62. The predicted molar refractivity (Wildman–Crippen MR) is 80.4 cm³/mol. The van der Waals surface area contributed by atoms with E-state index in [1.54, 1.807) is 12.1 Å². The zero-order valence-corrected chi connectivity index (χ0v) is 12.6. The number of phenols is 1. The number of aromatic hydroxyl groups is 1. The summed E-state index contributed by atoms with van der Waals surface area (Å²) in [7, 11) is -3.56. The molecule has 0 heterocycles. The van der Waals surface area contributed by atoms with Crippen LogP contribution in [-0.4, -0.2) is 20.1 Å². The molecule has 2 aromatic carbocycles. The van der Waals surface area contributed by atoms with Gasteiger partial charge < -0.3 is 9.84 Å². The lowest BCUT2D eigenvalue weighted by Crippen LogP contribution is -2.02. The second-order valence-electron chi connectivity index (χ2n) is 4.67. The fourth-order valence-corrected chi connectivity index (χ4v) is 3.07. The largest absolute Gasteiger partial charge is 0.508 e. The molecule has 0 unspecified atom stereocenters. The summed E-state index contributed by atoms with van der Waals surface area (Å²) < 4.78 is 30.3. The van der Waals surface area contributed by atoms with Crippen molar-refractivity contribution in [2.24, 2.45) is 0 Å². The highest BCUT2D eigenvalue weighted by Gasteiger charge is 2.17. The van der Waals surface area contributed by atoms with Gasteiger partial charge in [0.15, 0.2) is 0 Å². The summed E-state index contributed by atoms with van der Waals surface area (Å²) in [5, 5.41) is 9.22. The van der Waals surface area contributed by atoms with Crippen LogP contribution in [0.1, 0.15) is 19.8 Å². The van der Waals surface area contributed by atoms with Gasteiger partial charge in [-0.25, -0.2) is 8.42 Å². The normalized spacial score (nSPS) is 11.3. The van der Waals surface area contributed by atoms with Gasteiger partial charge in [-0.15, -0.1) is 0 Å². The summed E-state index contributed by atoms with van der Waals surface area (Å²) in [6.45, 7) is 2.71. The lowest BCUT2D eigenvalue weighted by Gasteiger charge is -2.08. The first-order chi connectivity index (χ1) is 10.0. The van der Waals surface area contributed by atoms with Crippen molar-refractivity contribution in [3.8, 4) is 11.5 Å². The minimum atomic E-state index is -3.56. The maximum Gasteiger partial charge on any atom is 0.206 e. The number of hydrogen-bond acceptors (Lipinski definition) is 4. The molecule has 4 nitrogen and oxygen atoms in total. The Morgan fingerprint density at radius 2 is 1.48 bits per heavy atom. The molecule has 0 bridgehead atoms. The lowest BCUT2D eigenvalue weighted by molar-refractivity contribution is 0.309. The summed E-state index contributed by atoms with van der Waals surface area (Å²) >= 11 is 0. The Hall–Kier alpha value is -2.01. The number of benzene rings is 2. The average Bonchev–Trinajstić information content (AvgIpc) is 2.48. The SMILES string of the molecule is CCCCOc1ccc(S(=O)(=O)c2ccc(O)cc2)cc1. The number of rotatable bonds is 6. The van der Waals surface area contributed by atoms with Crippen molar-refractivity contribution in [3.05, 3.63) is 48.5 Å². The average molecular weight is 306 g/mol. The van der Waals surface area contributed by atoms with Crippen LogP contribution in [-0.2, 0) is 9.84 Å². The molecule has 0 aliphatic rings. The zero-order chi connectivity index (χ0) is 15.3. The Morgan fingerprint density at radius 1 is 0.952 bits per heavy atom. The van der Waals surface area contributed by atoms with E-state index in [2.05, 4.69) is 6.92 Å². The van der Waals surface area contributed by atoms with Crippen molar-refractivity contribution in [1.82, 2.24) is 0 Å². The Labute approximate surface area is 124 Å². The molecule has 0 saturated carbocycles. The van der Waals surface area contributed by atoms with Gasteiger partial charge in [0, 0.05) is 0 Å². The molecule has 21 heavy (non-hydrogen) atoms. The minimum absolute atomic E-state index is 0.0358. The quantitative estimate of drug-likeness (QED) is 0.831. The Kier molecular flexibility index (Phi) is 4.85. The van der Waals surface area contributed by atoms with Crippen molar-refractivity contribution < 1.29 is 18.3 Å². The smallest absolute Gasteiger partial charge is 0.206 e. The van der Waals surface area contributed by atoms with Crippen molar-refractivity contribution >= 4 is 9.84 Å². The van der Waals surface area contributed by atoms with Crippen LogP contribution in [0.15, 0.2) is 58.3 Å². The second kappa shape index (κ2) is 6.63. The van der Waals surface area contributed by atoms with Gasteiger partial charge in [-0.05, 0) is 55.0 Å². The van der Waals surface area contributed by atoms with Crippen LogP contribution in [0.4, 0.5) is 0 Å². The van der Waals surface area contributed by atoms with Crippen LogP contribution < -0.4 is 4.74 Å². The molecule has 0 aliphatic heterocycles. The summed E-state index contributed by atoms with van der Waals surface area (Å²) in [6, 6.07) is 11.9. The first kappa shape index (κ1) is 15.4. The lowest BCUT2D eigenvalue weighted by atomic mass is 10.3. The maximum absolute atomic E-state index is 12.4. The molecule has 0 amide bonds. The maximum atomic E-state index is 12.4. The Balaban J connectivity index is 2.19. The van der Waals surface area contributed by atoms with E-state index in [1.165, 1.54) is 36.4 Å². The zero-order valence-electron chi connectivity index (χ0n) is 11.8. The summed E-state index contributed by atoms with van der Waals surface area (Å²) in [5.74, 6) is 0.696. The molecule has 0 fully saturated rings.